The fraction of sp³-hybridized carbons (Fsp3) is 0.562. The highest BCUT2D eigenvalue weighted by Crippen LogP contribution is 2.16. The third-order valence-electron chi connectivity index (χ3n) is 3.32. The van der Waals surface area contributed by atoms with Crippen LogP contribution in [0.25, 0.3) is 0 Å². The van der Waals surface area contributed by atoms with Gasteiger partial charge in [-0.25, -0.2) is 0 Å². The molecule has 0 amide bonds. The summed E-state index contributed by atoms with van der Waals surface area (Å²) in [6.45, 7) is 3.78. The maximum atomic E-state index is 11.3. The Morgan fingerprint density at radius 2 is 2.00 bits per heavy atom. The van der Waals surface area contributed by atoms with Gasteiger partial charge < -0.3 is 14.6 Å². The molecular formula is C16H24O4. The smallest absolute Gasteiger partial charge is 0.306 e. The second kappa shape index (κ2) is 9.50. The number of aryl methyl sites for hydroxylation is 1. The third kappa shape index (κ3) is 6.17. The summed E-state index contributed by atoms with van der Waals surface area (Å²) in [4.78, 5) is 11.3. The number of benzene rings is 1. The summed E-state index contributed by atoms with van der Waals surface area (Å²) in [6, 6.07) is 7.91. The predicted molar refractivity (Wildman–Crippen MR) is 77.9 cm³/mol. The molecule has 1 rings (SSSR count). The van der Waals surface area contributed by atoms with Gasteiger partial charge in [0.05, 0.1) is 5.92 Å². The predicted octanol–water partition coefficient (Wildman–Crippen LogP) is 2.68. The first-order valence-electron chi connectivity index (χ1n) is 6.99. The number of hydrogen-bond donors (Lipinski definition) is 1. The van der Waals surface area contributed by atoms with Gasteiger partial charge in [-0.2, -0.15) is 0 Å². The summed E-state index contributed by atoms with van der Waals surface area (Å²) in [5.74, 6) is -1.15. The maximum absolute atomic E-state index is 11.3. The number of carboxylic acids is 1. The Balaban J connectivity index is 2.38. The van der Waals surface area contributed by atoms with Crippen LogP contribution in [0.2, 0.25) is 0 Å². The van der Waals surface area contributed by atoms with Crippen LogP contribution in [0.3, 0.4) is 0 Å². The largest absolute Gasteiger partial charge is 0.481 e. The highest BCUT2D eigenvalue weighted by atomic mass is 16.5. The van der Waals surface area contributed by atoms with Crippen LogP contribution >= 0.6 is 0 Å². The Hall–Kier alpha value is -1.39. The van der Waals surface area contributed by atoms with Crippen molar-refractivity contribution in [1.29, 1.82) is 0 Å². The Morgan fingerprint density at radius 3 is 2.65 bits per heavy atom. The molecule has 4 nitrogen and oxygen atoms in total. The summed E-state index contributed by atoms with van der Waals surface area (Å²) in [7, 11) is 1.66. The van der Waals surface area contributed by atoms with E-state index in [1.807, 2.05) is 31.2 Å². The zero-order chi connectivity index (χ0) is 14.8. The van der Waals surface area contributed by atoms with Crippen LogP contribution < -0.4 is 0 Å². The number of carbonyl (C=O) groups is 1. The Morgan fingerprint density at radius 1 is 1.25 bits per heavy atom. The number of methoxy groups -OCH3 is 1. The number of hydrogen-bond acceptors (Lipinski definition) is 3. The first kappa shape index (κ1) is 16.7. The van der Waals surface area contributed by atoms with Crippen LogP contribution in [0.1, 0.15) is 24.0 Å². The van der Waals surface area contributed by atoms with E-state index in [1.54, 1.807) is 7.11 Å². The number of ether oxygens (including phenoxy) is 2. The molecule has 1 atom stereocenters. The molecule has 0 aliphatic carbocycles. The Labute approximate surface area is 120 Å². The highest BCUT2D eigenvalue weighted by Gasteiger charge is 2.18. The monoisotopic (exact) mass is 280 g/mol. The fourth-order valence-electron chi connectivity index (χ4n) is 2.05. The lowest BCUT2D eigenvalue weighted by Crippen LogP contribution is -2.19. The van der Waals surface area contributed by atoms with E-state index in [4.69, 9.17) is 9.47 Å². The lowest BCUT2D eigenvalue weighted by molar-refractivity contribution is -0.142. The Kier molecular flexibility index (Phi) is 7.92. The minimum Gasteiger partial charge on any atom is -0.481 e. The van der Waals surface area contributed by atoms with E-state index in [0.717, 1.165) is 17.5 Å². The van der Waals surface area contributed by atoms with Crippen LogP contribution in [-0.4, -0.2) is 38.0 Å². The standard InChI is InChI=1S/C16H24O4/c1-13-6-3-4-7-14(13)12-15(16(17)18)8-11-20-10-5-9-19-2/h3-4,6-7,15H,5,8-12H2,1-2H3,(H,17,18). The summed E-state index contributed by atoms with van der Waals surface area (Å²) in [5.41, 5.74) is 2.24. The van der Waals surface area contributed by atoms with E-state index in [9.17, 15) is 9.90 Å². The summed E-state index contributed by atoms with van der Waals surface area (Å²) in [5, 5.41) is 9.29. The molecule has 0 aliphatic heterocycles. The topological polar surface area (TPSA) is 55.8 Å². The minimum absolute atomic E-state index is 0.390. The molecule has 1 aromatic carbocycles. The van der Waals surface area contributed by atoms with Crippen molar-refractivity contribution in [2.45, 2.75) is 26.2 Å². The molecule has 0 aromatic heterocycles. The highest BCUT2D eigenvalue weighted by molar-refractivity contribution is 5.70. The van der Waals surface area contributed by atoms with Gasteiger partial charge in [-0.1, -0.05) is 24.3 Å². The van der Waals surface area contributed by atoms with Crippen molar-refractivity contribution < 1.29 is 19.4 Å². The lowest BCUT2D eigenvalue weighted by Gasteiger charge is -2.14. The van der Waals surface area contributed by atoms with Gasteiger partial charge in [0, 0.05) is 26.9 Å². The first-order valence-corrected chi connectivity index (χ1v) is 6.99. The molecule has 0 heterocycles. The van der Waals surface area contributed by atoms with Crippen LogP contribution in [0, 0.1) is 12.8 Å². The van der Waals surface area contributed by atoms with Crippen LogP contribution in [0.4, 0.5) is 0 Å². The van der Waals surface area contributed by atoms with Crippen molar-refractivity contribution in [1.82, 2.24) is 0 Å². The zero-order valence-electron chi connectivity index (χ0n) is 12.3. The normalized spacial score (nSPS) is 12.3. The number of aliphatic carboxylic acids is 1. The molecule has 0 spiro atoms. The molecule has 0 saturated heterocycles. The van der Waals surface area contributed by atoms with E-state index in [-0.39, 0.29) is 0 Å². The van der Waals surface area contributed by atoms with E-state index in [2.05, 4.69) is 0 Å². The second-order valence-electron chi connectivity index (χ2n) is 4.91. The molecular weight excluding hydrogens is 256 g/mol. The lowest BCUT2D eigenvalue weighted by atomic mass is 9.94. The molecule has 1 N–H and O–H groups in total. The van der Waals surface area contributed by atoms with Gasteiger partial charge in [0.25, 0.3) is 0 Å². The van der Waals surface area contributed by atoms with Gasteiger partial charge in [0.1, 0.15) is 0 Å². The van der Waals surface area contributed by atoms with Crippen molar-refractivity contribution in [2.75, 3.05) is 26.9 Å². The van der Waals surface area contributed by atoms with Crippen LogP contribution in [-0.2, 0) is 20.7 Å². The second-order valence-corrected chi connectivity index (χ2v) is 4.91. The molecule has 0 aliphatic rings. The van der Waals surface area contributed by atoms with Gasteiger partial charge in [-0.15, -0.1) is 0 Å². The van der Waals surface area contributed by atoms with Crippen molar-refractivity contribution in [3.63, 3.8) is 0 Å². The third-order valence-corrected chi connectivity index (χ3v) is 3.32. The molecule has 0 radical (unpaired) electrons. The van der Waals surface area contributed by atoms with Crippen molar-refractivity contribution in [2.24, 2.45) is 5.92 Å². The number of rotatable bonds is 10. The minimum atomic E-state index is -0.756. The van der Waals surface area contributed by atoms with Gasteiger partial charge >= 0.3 is 5.97 Å². The van der Waals surface area contributed by atoms with Gasteiger partial charge in [-0.3, -0.25) is 4.79 Å². The molecule has 20 heavy (non-hydrogen) atoms. The summed E-state index contributed by atoms with van der Waals surface area (Å²) in [6.07, 6.45) is 1.94. The molecule has 4 heteroatoms. The summed E-state index contributed by atoms with van der Waals surface area (Å²) >= 11 is 0. The average Bonchev–Trinajstić information content (AvgIpc) is 2.43. The zero-order valence-corrected chi connectivity index (χ0v) is 12.3. The molecule has 1 aromatic rings. The molecule has 0 bridgehead atoms. The van der Waals surface area contributed by atoms with Gasteiger partial charge in [0.15, 0.2) is 0 Å². The Bertz CT molecular complexity index is 403. The number of carboxylic acid groups (broad SMARTS) is 1. The maximum Gasteiger partial charge on any atom is 0.306 e. The van der Waals surface area contributed by atoms with Gasteiger partial charge in [-0.05, 0) is 37.3 Å². The van der Waals surface area contributed by atoms with Crippen molar-refractivity contribution >= 4 is 5.97 Å². The molecule has 1 unspecified atom stereocenters. The molecule has 0 saturated carbocycles. The van der Waals surface area contributed by atoms with Crippen molar-refractivity contribution in [3.05, 3.63) is 35.4 Å². The fourth-order valence-corrected chi connectivity index (χ4v) is 2.05. The van der Waals surface area contributed by atoms with E-state index in [1.165, 1.54) is 0 Å². The molecule has 0 fully saturated rings. The van der Waals surface area contributed by atoms with Gasteiger partial charge in [0.2, 0.25) is 0 Å². The SMILES string of the molecule is COCCCOCCC(Cc1ccccc1C)C(=O)O. The van der Waals surface area contributed by atoms with E-state index >= 15 is 0 Å². The van der Waals surface area contributed by atoms with Crippen molar-refractivity contribution in [3.8, 4) is 0 Å². The van der Waals surface area contributed by atoms with E-state index in [0.29, 0.717) is 32.7 Å². The summed E-state index contributed by atoms with van der Waals surface area (Å²) < 4.78 is 10.4. The first-order chi connectivity index (χ1) is 9.65. The van der Waals surface area contributed by atoms with Crippen LogP contribution in [0.15, 0.2) is 24.3 Å². The van der Waals surface area contributed by atoms with E-state index < -0.39 is 11.9 Å². The van der Waals surface area contributed by atoms with Crippen LogP contribution in [0.5, 0.6) is 0 Å². The average molecular weight is 280 g/mol. The molecule has 112 valence electrons. The quantitative estimate of drug-likeness (QED) is 0.669.